The van der Waals surface area contributed by atoms with E-state index in [1.165, 1.54) is 5.56 Å². The summed E-state index contributed by atoms with van der Waals surface area (Å²) < 4.78 is 5.67. The third kappa shape index (κ3) is 3.76. The minimum absolute atomic E-state index is 0.0209. The fourth-order valence-corrected chi connectivity index (χ4v) is 3.50. The Hall–Kier alpha value is -2.14. The van der Waals surface area contributed by atoms with Gasteiger partial charge in [-0.2, -0.15) is 0 Å². The number of hydrogen-bond donors (Lipinski definition) is 1. The number of H-pyrrole nitrogens is 1. The van der Waals surface area contributed by atoms with Crippen molar-refractivity contribution in [2.75, 3.05) is 13.2 Å². The number of rotatable bonds is 6. The smallest absolute Gasteiger partial charge is 0.226 e. The standard InChI is InChI=1S/C20H27N3O2/c1-5-25-18(13(2)3)12-19(24)23-10-6-7-17(23)20-21-15-9-8-14(4)11-16(15)22-20/h8-9,11,17-18H,2,5-7,10,12H2,1,3-4H3,(H,21,22)/t17-,18-/m1/s1. The van der Waals surface area contributed by atoms with Crippen LogP contribution < -0.4 is 0 Å². The second-order valence-electron chi connectivity index (χ2n) is 6.88. The molecule has 2 atom stereocenters. The van der Waals surface area contributed by atoms with Crippen LogP contribution in [-0.2, 0) is 9.53 Å². The Kier molecular flexibility index (Phi) is 5.23. The SMILES string of the molecule is C=C(C)[C@@H](CC(=O)N1CCC[C@@H]1c1nc2ccc(C)cc2[nH]1)OCC. The predicted molar refractivity (Wildman–Crippen MR) is 99.4 cm³/mol. The number of nitrogens with zero attached hydrogens (tertiary/aromatic N) is 2. The number of carbonyl (C=O) groups is 1. The number of ether oxygens (including phenoxy) is 1. The molecule has 5 nitrogen and oxygen atoms in total. The molecule has 0 bridgehead atoms. The van der Waals surface area contributed by atoms with Gasteiger partial charge in [0.1, 0.15) is 5.82 Å². The van der Waals surface area contributed by atoms with Crippen molar-refractivity contribution in [3.8, 4) is 0 Å². The van der Waals surface area contributed by atoms with E-state index in [1.54, 1.807) is 0 Å². The van der Waals surface area contributed by atoms with Gasteiger partial charge in [0.05, 0.1) is 29.6 Å². The Morgan fingerprint density at radius 3 is 3.04 bits per heavy atom. The van der Waals surface area contributed by atoms with Crippen molar-refractivity contribution in [2.24, 2.45) is 0 Å². The van der Waals surface area contributed by atoms with E-state index in [0.29, 0.717) is 13.0 Å². The van der Waals surface area contributed by atoms with E-state index in [0.717, 1.165) is 41.8 Å². The van der Waals surface area contributed by atoms with Crippen LogP contribution in [-0.4, -0.2) is 40.0 Å². The van der Waals surface area contributed by atoms with Crippen LogP contribution in [0.3, 0.4) is 0 Å². The first-order valence-corrected chi connectivity index (χ1v) is 9.02. The number of aromatic nitrogens is 2. The first-order chi connectivity index (χ1) is 12.0. The van der Waals surface area contributed by atoms with Crippen LogP contribution in [0, 0.1) is 6.92 Å². The van der Waals surface area contributed by atoms with Gasteiger partial charge >= 0.3 is 0 Å². The molecule has 1 aliphatic rings. The van der Waals surface area contributed by atoms with Crippen LogP contribution >= 0.6 is 0 Å². The van der Waals surface area contributed by atoms with Gasteiger partial charge in [-0.05, 0) is 51.3 Å². The highest BCUT2D eigenvalue weighted by Gasteiger charge is 2.33. The molecule has 2 aromatic rings. The van der Waals surface area contributed by atoms with Crippen molar-refractivity contribution in [3.63, 3.8) is 0 Å². The number of likely N-dealkylation sites (tertiary alicyclic amines) is 1. The molecule has 0 aliphatic carbocycles. The molecule has 0 spiro atoms. The molecule has 0 unspecified atom stereocenters. The molecule has 1 N–H and O–H groups in total. The molecule has 1 aliphatic heterocycles. The van der Waals surface area contributed by atoms with Crippen LogP contribution in [0.2, 0.25) is 0 Å². The molecule has 1 aromatic heterocycles. The minimum atomic E-state index is -0.211. The third-order valence-electron chi connectivity index (χ3n) is 4.82. The highest BCUT2D eigenvalue weighted by molar-refractivity contribution is 5.79. The highest BCUT2D eigenvalue weighted by Crippen LogP contribution is 2.32. The summed E-state index contributed by atoms with van der Waals surface area (Å²) in [6.45, 7) is 11.2. The van der Waals surface area contributed by atoms with Crippen molar-refractivity contribution >= 4 is 16.9 Å². The maximum atomic E-state index is 12.9. The number of imidazole rings is 1. The Bertz CT molecular complexity index is 780. The normalized spacial score (nSPS) is 18.7. The zero-order valence-electron chi connectivity index (χ0n) is 15.3. The maximum absolute atomic E-state index is 12.9. The Balaban J connectivity index is 1.79. The van der Waals surface area contributed by atoms with Gasteiger partial charge in [-0.25, -0.2) is 4.98 Å². The van der Waals surface area contributed by atoms with Crippen LogP contribution in [0.25, 0.3) is 11.0 Å². The molecule has 3 rings (SSSR count). The Labute approximate surface area is 149 Å². The third-order valence-corrected chi connectivity index (χ3v) is 4.82. The number of amides is 1. The summed E-state index contributed by atoms with van der Waals surface area (Å²) in [5.74, 6) is 0.996. The Morgan fingerprint density at radius 2 is 2.32 bits per heavy atom. The molecule has 25 heavy (non-hydrogen) atoms. The number of hydrogen-bond acceptors (Lipinski definition) is 3. The minimum Gasteiger partial charge on any atom is -0.374 e. The van der Waals surface area contributed by atoms with Crippen LogP contribution in [0.15, 0.2) is 30.4 Å². The van der Waals surface area contributed by atoms with Crippen LogP contribution in [0.5, 0.6) is 0 Å². The lowest BCUT2D eigenvalue weighted by molar-refractivity contribution is -0.134. The quantitative estimate of drug-likeness (QED) is 0.811. The van der Waals surface area contributed by atoms with Gasteiger partial charge in [-0.3, -0.25) is 4.79 Å². The average Bonchev–Trinajstić information content (AvgIpc) is 3.19. The lowest BCUT2D eigenvalue weighted by Gasteiger charge is -2.26. The van der Waals surface area contributed by atoms with E-state index in [1.807, 2.05) is 24.8 Å². The predicted octanol–water partition coefficient (Wildman–Crippen LogP) is 3.91. The first kappa shape index (κ1) is 17.7. The molecule has 134 valence electrons. The maximum Gasteiger partial charge on any atom is 0.226 e. The van der Waals surface area contributed by atoms with Crippen LogP contribution in [0.4, 0.5) is 0 Å². The van der Waals surface area contributed by atoms with Crippen LogP contribution in [0.1, 0.15) is 50.5 Å². The van der Waals surface area contributed by atoms with E-state index in [4.69, 9.17) is 9.72 Å². The summed E-state index contributed by atoms with van der Waals surface area (Å²) in [6, 6.07) is 6.20. The summed E-state index contributed by atoms with van der Waals surface area (Å²) in [6.07, 6.45) is 2.08. The number of benzene rings is 1. The van der Waals surface area contributed by atoms with Gasteiger partial charge in [-0.15, -0.1) is 0 Å². The number of fused-ring (bicyclic) bond motifs is 1. The number of aromatic amines is 1. The first-order valence-electron chi connectivity index (χ1n) is 9.02. The van der Waals surface area contributed by atoms with Gasteiger partial charge in [0, 0.05) is 13.2 Å². The van der Waals surface area contributed by atoms with E-state index >= 15 is 0 Å². The van der Waals surface area contributed by atoms with Gasteiger partial charge in [0.15, 0.2) is 0 Å². The highest BCUT2D eigenvalue weighted by atomic mass is 16.5. The van der Waals surface area contributed by atoms with Gasteiger partial charge in [0.2, 0.25) is 5.91 Å². The Morgan fingerprint density at radius 1 is 1.52 bits per heavy atom. The van der Waals surface area contributed by atoms with Gasteiger partial charge < -0.3 is 14.6 Å². The lowest BCUT2D eigenvalue weighted by atomic mass is 10.1. The van der Waals surface area contributed by atoms with Crippen molar-refractivity contribution in [1.82, 2.24) is 14.9 Å². The summed E-state index contributed by atoms with van der Waals surface area (Å²) in [7, 11) is 0. The molecule has 1 fully saturated rings. The fraction of sp³-hybridized carbons (Fsp3) is 0.500. The molecule has 2 heterocycles. The van der Waals surface area contributed by atoms with Crippen molar-refractivity contribution in [3.05, 3.63) is 41.7 Å². The van der Waals surface area contributed by atoms with E-state index in [9.17, 15) is 4.79 Å². The second kappa shape index (κ2) is 7.40. The molecule has 5 heteroatoms. The van der Waals surface area contributed by atoms with Crippen molar-refractivity contribution < 1.29 is 9.53 Å². The summed E-state index contributed by atoms with van der Waals surface area (Å²) in [4.78, 5) is 22.9. The summed E-state index contributed by atoms with van der Waals surface area (Å²) >= 11 is 0. The molecular weight excluding hydrogens is 314 g/mol. The molecular formula is C20H27N3O2. The lowest BCUT2D eigenvalue weighted by Crippen LogP contribution is -2.34. The van der Waals surface area contributed by atoms with E-state index in [-0.39, 0.29) is 18.1 Å². The largest absolute Gasteiger partial charge is 0.374 e. The zero-order valence-corrected chi connectivity index (χ0v) is 15.3. The zero-order chi connectivity index (χ0) is 18.0. The van der Waals surface area contributed by atoms with E-state index < -0.39 is 0 Å². The summed E-state index contributed by atoms with van der Waals surface area (Å²) in [5.41, 5.74) is 4.07. The number of carbonyl (C=O) groups excluding carboxylic acids is 1. The topological polar surface area (TPSA) is 58.2 Å². The summed E-state index contributed by atoms with van der Waals surface area (Å²) in [5, 5.41) is 0. The number of nitrogens with one attached hydrogen (secondary N) is 1. The molecule has 1 saturated heterocycles. The fourth-order valence-electron chi connectivity index (χ4n) is 3.50. The molecule has 1 amide bonds. The van der Waals surface area contributed by atoms with Crippen molar-refractivity contribution in [1.29, 1.82) is 0 Å². The second-order valence-corrected chi connectivity index (χ2v) is 6.88. The average molecular weight is 341 g/mol. The van der Waals surface area contributed by atoms with Gasteiger partial charge in [0.25, 0.3) is 0 Å². The molecule has 0 saturated carbocycles. The molecule has 1 aromatic carbocycles. The van der Waals surface area contributed by atoms with Crippen molar-refractivity contribution in [2.45, 2.75) is 52.2 Å². The van der Waals surface area contributed by atoms with Gasteiger partial charge in [-0.1, -0.05) is 18.2 Å². The molecule has 0 radical (unpaired) electrons. The number of aryl methyl sites for hydroxylation is 1. The monoisotopic (exact) mass is 341 g/mol. The van der Waals surface area contributed by atoms with E-state index in [2.05, 4.69) is 30.6 Å².